The predicted octanol–water partition coefficient (Wildman–Crippen LogP) is 3.38. The van der Waals surface area contributed by atoms with E-state index in [2.05, 4.69) is 62.5 Å². The first-order chi connectivity index (χ1) is 9.56. The Morgan fingerprint density at radius 2 is 1.55 bits per heavy atom. The number of rotatable bonds is 4. The SMILES string of the molecule is CNC(c1ccc(CN)cc1)c1c(C)cc(C)cc1C. The summed E-state index contributed by atoms with van der Waals surface area (Å²) in [7, 11) is 2.01. The van der Waals surface area contributed by atoms with E-state index in [4.69, 9.17) is 5.73 Å². The third-order valence-corrected chi connectivity index (χ3v) is 3.86. The minimum absolute atomic E-state index is 0.224. The van der Waals surface area contributed by atoms with E-state index in [-0.39, 0.29) is 6.04 Å². The molecule has 2 aromatic carbocycles. The molecule has 0 aliphatic rings. The minimum Gasteiger partial charge on any atom is -0.326 e. The summed E-state index contributed by atoms with van der Waals surface area (Å²) in [6.45, 7) is 7.11. The van der Waals surface area contributed by atoms with Crippen LogP contribution in [-0.4, -0.2) is 7.05 Å². The number of aryl methyl sites for hydroxylation is 3. The van der Waals surface area contributed by atoms with E-state index in [9.17, 15) is 0 Å². The Bertz CT molecular complexity index is 562. The number of nitrogens with one attached hydrogen (secondary N) is 1. The number of benzene rings is 2. The summed E-state index contributed by atoms with van der Waals surface area (Å²) in [5, 5.41) is 3.44. The van der Waals surface area contributed by atoms with Crippen LogP contribution in [0, 0.1) is 20.8 Å². The maximum absolute atomic E-state index is 5.67. The van der Waals surface area contributed by atoms with Crippen LogP contribution in [-0.2, 0) is 6.54 Å². The van der Waals surface area contributed by atoms with Gasteiger partial charge in [0.15, 0.2) is 0 Å². The van der Waals surface area contributed by atoms with E-state index in [1.54, 1.807) is 0 Å². The fourth-order valence-corrected chi connectivity index (χ4v) is 2.97. The minimum atomic E-state index is 0.224. The highest BCUT2D eigenvalue weighted by Gasteiger charge is 2.16. The van der Waals surface area contributed by atoms with Gasteiger partial charge in [0.1, 0.15) is 0 Å². The first-order valence-electron chi connectivity index (χ1n) is 7.10. The Morgan fingerprint density at radius 3 is 2.00 bits per heavy atom. The molecular weight excluding hydrogens is 244 g/mol. The highest BCUT2D eigenvalue weighted by Crippen LogP contribution is 2.28. The van der Waals surface area contributed by atoms with Gasteiger partial charge in [-0.3, -0.25) is 0 Å². The van der Waals surface area contributed by atoms with E-state index in [1.807, 2.05) is 7.05 Å². The molecule has 0 aromatic heterocycles. The Morgan fingerprint density at radius 1 is 1.00 bits per heavy atom. The highest BCUT2D eigenvalue weighted by molar-refractivity contribution is 5.44. The average Bonchev–Trinajstić information content (AvgIpc) is 2.43. The molecule has 20 heavy (non-hydrogen) atoms. The zero-order valence-corrected chi connectivity index (χ0v) is 12.8. The highest BCUT2D eigenvalue weighted by atomic mass is 14.9. The molecule has 0 fully saturated rings. The van der Waals surface area contributed by atoms with Crippen molar-refractivity contribution in [2.24, 2.45) is 5.73 Å². The lowest BCUT2D eigenvalue weighted by atomic mass is 9.90. The standard InChI is InChI=1S/C18H24N2/c1-12-9-13(2)17(14(3)10-12)18(20-4)16-7-5-15(11-19)6-8-16/h5-10,18,20H,11,19H2,1-4H3. The lowest BCUT2D eigenvalue weighted by molar-refractivity contribution is 0.682. The third kappa shape index (κ3) is 2.92. The number of nitrogens with two attached hydrogens (primary N) is 1. The smallest absolute Gasteiger partial charge is 0.0579 e. The van der Waals surface area contributed by atoms with Crippen molar-refractivity contribution in [2.45, 2.75) is 33.4 Å². The summed E-state index contributed by atoms with van der Waals surface area (Å²) in [5.41, 5.74) is 13.5. The van der Waals surface area contributed by atoms with Crippen molar-refractivity contribution in [3.05, 3.63) is 69.8 Å². The van der Waals surface area contributed by atoms with Crippen LogP contribution in [0.4, 0.5) is 0 Å². The van der Waals surface area contributed by atoms with Crippen molar-refractivity contribution in [3.8, 4) is 0 Å². The van der Waals surface area contributed by atoms with Crippen LogP contribution in [0.5, 0.6) is 0 Å². The van der Waals surface area contributed by atoms with Crippen LogP contribution < -0.4 is 11.1 Å². The summed E-state index contributed by atoms with van der Waals surface area (Å²) in [5.74, 6) is 0. The fraction of sp³-hybridized carbons (Fsp3) is 0.333. The lowest BCUT2D eigenvalue weighted by Crippen LogP contribution is -2.20. The summed E-state index contributed by atoms with van der Waals surface area (Å²) < 4.78 is 0. The summed E-state index contributed by atoms with van der Waals surface area (Å²) in [6, 6.07) is 13.3. The van der Waals surface area contributed by atoms with Crippen LogP contribution in [0.1, 0.15) is 39.4 Å². The molecule has 0 aliphatic carbocycles. The summed E-state index contributed by atoms with van der Waals surface area (Å²) in [6.07, 6.45) is 0. The van der Waals surface area contributed by atoms with Crippen molar-refractivity contribution in [1.82, 2.24) is 5.32 Å². The molecule has 0 saturated heterocycles. The van der Waals surface area contributed by atoms with Gasteiger partial charge < -0.3 is 11.1 Å². The molecule has 0 amide bonds. The van der Waals surface area contributed by atoms with Gasteiger partial charge in [0.2, 0.25) is 0 Å². The van der Waals surface area contributed by atoms with Gasteiger partial charge in [-0.25, -0.2) is 0 Å². The molecular formula is C18H24N2. The number of hydrogen-bond acceptors (Lipinski definition) is 2. The van der Waals surface area contributed by atoms with Crippen molar-refractivity contribution in [2.75, 3.05) is 7.05 Å². The molecule has 1 unspecified atom stereocenters. The topological polar surface area (TPSA) is 38.0 Å². The van der Waals surface area contributed by atoms with Crippen LogP contribution in [0.3, 0.4) is 0 Å². The van der Waals surface area contributed by atoms with Crippen molar-refractivity contribution in [1.29, 1.82) is 0 Å². The quantitative estimate of drug-likeness (QED) is 0.892. The van der Waals surface area contributed by atoms with Crippen LogP contribution >= 0.6 is 0 Å². The van der Waals surface area contributed by atoms with Crippen LogP contribution in [0.2, 0.25) is 0 Å². The Hall–Kier alpha value is -1.64. The van der Waals surface area contributed by atoms with Gasteiger partial charge >= 0.3 is 0 Å². The fourth-order valence-electron chi connectivity index (χ4n) is 2.97. The third-order valence-electron chi connectivity index (χ3n) is 3.86. The molecule has 2 nitrogen and oxygen atoms in total. The van der Waals surface area contributed by atoms with Crippen LogP contribution in [0.25, 0.3) is 0 Å². The molecule has 2 rings (SSSR count). The Kier molecular flexibility index (Phi) is 4.58. The maximum Gasteiger partial charge on any atom is 0.0579 e. The molecule has 3 N–H and O–H groups in total. The first-order valence-corrected chi connectivity index (χ1v) is 7.10. The monoisotopic (exact) mass is 268 g/mol. The molecule has 1 atom stereocenters. The summed E-state index contributed by atoms with van der Waals surface area (Å²) >= 11 is 0. The molecule has 2 heteroatoms. The second-order valence-corrected chi connectivity index (χ2v) is 5.48. The lowest BCUT2D eigenvalue weighted by Gasteiger charge is -2.22. The molecule has 0 bridgehead atoms. The van der Waals surface area contributed by atoms with E-state index in [0.717, 1.165) is 0 Å². The maximum atomic E-state index is 5.67. The molecule has 0 spiro atoms. The van der Waals surface area contributed by atoms with Gasteiger partial charge in [0.05, 0.1) is 6.04 Å². The van der Waals surface area contributed by atoms with Crippen molar-refractivity contribution < 1.29 is 0 Å². The molecule has 2 aromatic rings. The predicted molar refractivity (Wildman–Crippen MR) is 85.9 cm³/mol. The second kappa shape index (κ2) is 6.21. The van der Waals surface area contributed by atoms with E-state index >= 15 is 0 Å². The molecule has 106 valence electrons. The van der Waals surface area contributed by atoms with Gasteiger partial charge in [-0.1, -0.05) is 42.0 Å². The first kappa shape index (κ1) is 14.8. The largest absolute Gasteiger partial charge is 0.326 e. The van der Waals surface area contributed by atoms with Crippen LogP contribution in [0.15, 0.2) is 36.4 Å². The van der Waals surface area contributed by atoms with Crippen molar-refractivity contribution in [3.63, 3.8) is 0 Å². The number of hydrogen-bond donors (Lipinski definition) is 2. The van der Waals surface area contributed by atoms with E-state index in [1.165, 1.54) is 33.4 Å². The molecule has 0 saturated carbocycles. The Balaban J connectivity index is 2.46. The Labute approximate surface area is 122 Å². The van der Waals surface area contributed by atoms with Gasteiger partial charge in [-0.15, -0.1) is 0 Å². The van der Waals surface area contributed by atoms with E-state index < -0.39 is 0 Å². The second-order valence-electron chi connectivity index (χ2n) is 5.48. The molecule has 0 radical (unpaired) electrons. The molecule has 0 heterocycles. The van der Waals surface area contributed by atoms with Crippen molar-refractivity contribution >= 4 is 0 Å². The zero-order valence-electron chi connectivity index (χ0n) is 12.8. The van der Waals surface area contributed by atoms with Gasteiger partial charge in [0.25, 0.3) is 0 Å². The average molecular weight is 268 g/mol. The summed E-state index contributed by atoms with van der Waals surface area (Å²) in [4.78, 5) is 0. The van der Waals surface area contributed by atoms with E-state index in [0.29, 0.717) is 6.54 Å². The normalized spacial score (nSPS) is 12.4. The van der Waals surface area contributed by atoms with Gasteiger partial charge in [-0.05, 0) is 55.6 Å². The molecule has 0 aliphatic heterocycles. The van der Waals surface area contributed by atoms with Gasteiger partial charge in [0, 0.05) is 6.54 Å². The van der Waals surface area contributed by atoms with Gasteiger partial charge in [-0.2, -0.15) is 0 Å². The zero-order chi connectivity index (χ0) is 14.7.